The second-order valence-electron chi connectivity index (χ2n) is 9.82. The van der Waals surface area contributed by atoms with E-state index < -0.39 is 27.4 Å². The van der Waals surface area contributed by atoms with Crippen molar-refractivity contribution < 1.29 is 18.0 Å². The third-order valence-corrected chi connectivity index (χ3v) is 9.79. The van der Waals surface area contributed by atoms with Crippen molar-refractivity contribution in [3.63, 3.8) is 0 Å². The fourth-order valence-corrected chi connectivity index (χ4v) is 7.62. The molecule has 3 heterocycles. The Morgan fingerprint density at radius 1 is 1.00 bits per heavy atom. The molecule has 1 aliphatic heterocycles. The van der Waals surface area contributed by atoms with Gasteiger partial charge in [-0.15, -0.1) is 11.3 Å². The van der Waals surface area contributed by atoms with Crippen LogP contribution in [-0.2, 0) is 21.1 Å². The van der Waals surface area contributed by atoms with Crippen LogP contribution in [0.15, 0.2) is 89.8 Å². The highest BCUT2D eigenvalue weighted by Gasteiger charge is 2.34. The fraction of sp³-hybridized carbons (Fsp3) is 0.167. The molecule has 0 saturated heterocycles. The Kier molecular flexibility index (Phi) is 6.52. The minimum Gasteiger partial charge on any atom is -0.320 e. The summed E-state index contributed by atoms with van der Waals surface area (Å²) in [6.07, 6.45) is 0.672. The number of carbonyl (C=O) groups excluding carboxylic acids is 2. The lowest BCUT2D eigenvalue weighted by Gasteiger charge is -2.23. The van der Waals surface area contributed by atoms with Crippen LogP contribution in [0.4, 0.5) is 11.4 Å². The number of sulfone groups is 1. The van der Waals surface area contributed by atoms with E-state index >= 15 is 0 Å². The molecule has 2 amide bonds. The first-order valence-corrected chi connectivity index (χ1v) is 15.3. The molecule has 1 N–H and O–H groups in total. The summed E-state index contributed by atoms with van der Waals surface area (Å²) in [4.78, 5) is 29.3. The van der Waals surface area contributed by atoms with Gasteiger partial charge in [0, 0.05) is 17.1 Å². The smallest absolute Gasteiger partial charge is 0.265 e. The van der Waals surface area contributed by atoms with Gasteiger partial charge in [0.15, 0.2) is 9.84 Å². The maximum atomic E-state index is 13.5. The zero-order valence-electron chi connectivity index (χ0n) is 21.9. The predicted molar refractivity (Wildman–Crippen MR) is 157 cm³/mol. The quantitative estimate of drug-likeness (QED) is 0.295. The number of benzene rings is 3. The topological polar surface area (TPSA) is 101 Å². The van der Waals surface area contributed by atoms with Gasteiger partial charge >= 0.3 is 0 Å². The van der Waals surface area contributed by atoms with Gasteiger partial charge in [0.25, 0.3) is 5.91 Å². The Morgan fingerprint density at radius 3 is 2.50 bits per heavy atom. The SMILES string of the molecule is Cc1nn(-c2ccccc2)c2sc(C(=O)Nc3ccccc3S(=O)(=O)CC(=O)N3c4ccccc4C[C@@H]3C)cc12. The monoisotopic (exact) mass is 570 g/mol. The zero-order chi connectivity index (χ0) is 28.0. The van der Waals surface area contributed by atoms with Crippen LogP contribution in [-0.4, -0.2) is 41.8 Å². The van der Waals surface area contributed by atoms with Gasteiger partial charge in [0.1, 0.15) is 10.6 Å². The van der Waals surface area contributed by atoms with Gasteiger partial charge in [-0.3, -0.25) is 9.59 Å². The van der Waals surface area contributed by atoms with Crippen LogP contribution in [0.5, 0.6) is 0 Å². The second-order valence-corrected chi connectivity index (χ2v) is 12.8. The Morgan fingerprint density at radius 2 is 1.70 bits per heavy atom. The molecule has 5 aromatic rings. The highest BCUT2D eigenvalue weighted by molar-refractivity contribution is 7.92. The van der Waals surface area contributed by atoms with Gasteiger partial charge in [0.05, 0.1) is 26.8 Å². The minimum absolute atomic E-state index is 0.0930. The molecule has 6 rings (SSSR count). The third-order valence-electron chi connectivity index (χ3n) is 7.03. The van der Waals surface area contributed by atoms with Gasteiger partial charge in [-0.05, 0) is 62.2 Å². The molecule has 0 bridgehead atoms. The maximum Gasteiger partial charge on any atom is 0.265 e. The van der Waals surface area contributed by atoms with E-state index in [2.05, 4.69) is 10.4 Å². The fourth-order valence-electron chi connectivity index (χ4n) is 5.18. The zero-order valence-corrected chi connectivity index (χ0v) is 23.5. The van der Waals surface area contributed by atoms with E-state index in [9.17, 15) is 18.0 Å². The second kappa shape index (κ2) is 10.0. The third kappa shape index (κ3) is 4.59. The number of amides is 2. The first-order chi connectivity index (χ1) is 19.2. The molecule has 10 heteroatoms. The van der Waals surface area contributed by atoms with Crippen molar-refractivity contribution in [2.24, 2.45) is 0 Å². The summed E-state index contributed by atoms with van der Waals surface area (Å²) in [5.41, 5.74) is 3.56. The molecule has 202 valence electrons. The molecule has 8 nitrogen and oxygen atoms in total. The largest absolute Gasteiger partial charge is 0.320 e. The molecule has 40 heavy (non-hydrogen) atoms. The van der Waals surface area contributed by atoms with Crippen molar-refractivity contribution in [3.8, 4) is 5.69 Å². The molecule has 0 aliphatic carbocycles. The van der Waals surface area contributed by atoms with Crippen LogP contribution in [0, 0.1) is 6.92 Å². The number of hydrogen-bond acceptors (Lipinski definition) is 6. The van der Waals surface area contributed by atoms with Gasteiger partial charge in [-0.1, -0.05) is 48.5 Å². The summed E-state index contributed by atoms with van der Waals surface area (Å²) in [6, 6.07) is 25.0. The van der Waals surface area contributed by atoms with Crippen LogP contribution < -0.4 is 10.2 Å². The molecule has 1 aliphatic rings. The number of carbonyl (C=O) groups is 2. The summed E-state index contributed by atoms with van der Waals surface area (Å²) in [7, 11) is -4.06. The van der Waals surface area contributed by atoms with E-state index in [0.717, 1.165) is 32.8 Å². The summed E-state index contributed by atoms with van der Waals surface area (Å²) < 4.78 is 28.8. The lowest BCUT2D eigenvalue weighted by atomic mass is 10.1. The van der Waals surface area contributed by atoms with Gasteiger partial charge < -0.3 is 10.2 Å². The van der Waals surface area contributed by atoms with E-state index in [1.54, 1.807) is 27.8 Å². The number of hydrogen-bond donors (Lipinski definition) is 1. The molecule has 0 spiro atoms. The Bertz CT molecular complexity index is 1880. The number of nitrogens with zero attached hydrogens (tertiary/aromatic N) is 3. The summed E-state index contributed by atoms with van der Waals surface area (Å²) in [5.74, 6) is -1.63. The molecular weight excluding hydrogens is 544 g/mol. The summed E-state index contributed by atoms with van der Waals surface area (Å²) in [6.45, 7) is 3.79. The minimum atomic E-state index is -4.06. The lowest BCUT2D eigenvalue weighted by molar-refractivity contribution is -0.116. The average Bonchev–Trinajstić information content (AvgIpc) is 3.61. The van der Waals surface area contributed by atoms with Crippen molar-refractivity contribution in [1.29, 1.82) is 0 Å². The van der Waals surface area contributed by atoms with Crippen molar-refractivity contribution in [2.45, 2.75) is 31.2 Å². The van der Waals surface area contributed by atoms with Crippen molar-refractivity contribution >= 4 is 54.6 Å². The van der Waals surface area contributed by atoms with E-state index in [1.807, 2.05) is 68.4 Å². The molecule has 1 atom stereocenters. The van der Waals surface area contributed by atoms with Crippen LogP contribution >= 0.6 is 11.3 Å². The highest BCUT2D eigenvalue weighted by Crippen LogP contribution is 2.34. The van der Waals surface area contributed by atoms with Gasteiger partial charge in [-0.2, -0.15) is 5.10 Å². The summed E-state index contributed by atoms with van der Waals surface area (Å²) in [5, 5.41) is 8.23. The number of rotatable bonds is 6. The predicted octanol–water partition coefficient (Wildman–Crippen LogP) is 5.40. The van der Waals surface area contributed by atoms with Gasteiger partial charge in [-0.25, -0.2) is 13.1 Å². The van der Waals surface area contributed by atoms with E-state index in [4.69, 9.17) is 0 Å². The molecule has 3 aromatic carbocycles. The van der Waals surface area contributed by atoms with E-state index in [0.29, 0.717) is 11.3 Å². The molecule has 2 aromatic heterocycles. The molecular formula is C30H26N4O4S2. The van der Waals surface area contributed by atoms with Gasteiger partial charge in [0.2, 0.25) is 5.91 Å². The maximum absolute atomic E-state index is 13.5. The van der Waals surface area contributed by atoms with E-state index in [-0.39, 0.29) is 16.6 Å². The standard InChI is InChI=1S/C30H26N4O4S2/c1-19-16-21-10-6-8-14-25(21)33(19)28(35)18-40(37,38)27-15-9-7-13-24(27)31-29(36)26-17-23-20(2)32-34(30(23)39-26)22-11-4-3-5-12-22/h3-15,17,19H,16,18H2,1-2H3,(H,31,36)/t19-/m0/s1. The molecule has 0 fully saturated rings. The molecule has 0 saturated carbocycles. The van der Waals surface area contributed by atoms with Crippen LogP contribution in [0.1, 0.15) is 27.9 Å². The number of para-hydroxylation sites is 3. The average molecular weight is 571 g/mol. The normalized spacial score (nSPS) is 14.8. The van der Waals surface area contributed by atoms with Crippen LogP contribution in [0.3, 0.4) is 0 Å². The molecule has 0 radical (unpaired) electrons. The van der Waals surface area contributed by atoms with Crippen LogP contribution in [0.25, 0.3) is 15.9 Å². The number of thiophene rings is 1. The first kappa shape index (κ1) is 26.0. The summed E-state index contributed by atoms with van der Waals surface area (Å²) >= 11 is 1.28. The Hall–Kier alpha value is -4.28. The Labute approximate surface area is 235 Å². The number of nitrogens with one attached hydrogen (secondary N) is 1. The highest BCUT2D eigenvalue weighted by atomic mass is 32.2. The first-order valence-electron chi connectivity index (χ1n) is 12.8. The van der Waals surface area contributed by atoms with Crippen molar-refractivity contribution in [1.82, 2.24) is 9.78 Å². The molecule has 0 unspecified atom stereocenters. The number of aryl methyl sites for hydroxylation is 1. The van der Waals surface area contributed by atoms with Crippen LogP contribution in [0.2, 0.25) is 0 Å². The number of fused-ring (bicyclic) bond motifs is 2. The van der Waals surface area contributed by atoms with Crippen molar-refractivity contribution in [3.05, 3.63) is 101 Å². The van der Waals surface area contributed by atoms with E-state index in [1.165, 1.54) is 23.5 Å². The lowest BCUT2D eigenvalue weighted by Crippen LogP contribution is -2.39. The number of anilines is 2. The number of aromatic nitrogens is 2. The Balaban J connectivity index is 1.26. The van der Waals surface area contributed by atoms with Crippen molar-refractivity contribution in [2.75, 3.05) is 16.0 Å².